The molecule has 3 rings (SSSR count). The average molecular weight is 320 g/mol. The van der Waals surface area contributed by atoms with Crippen molar-refractivity contribution in [2.45, 2.75) is 39.8 Å². The monoisotopic (exact) mass is 320 g/mol. The summed E-state index contributed by atoms with van der Waals surface area (Å²) in [5, 5.41) is 12.7. The van der Waals surface area contributed by atoms with Gasteiger partial charge in [-0.05, 0) is 58.6 Å². The van der Waals surface area contributed by atoms with E-state index in [9.17, 15) is 0 Å². The van der Waals surface area contributed by atoms with Gasteiger partial charge in [-0.1, -0.05) is 62.4 Å². The Morgan fingerprint density at radius 1 is 0.583 bits per heavy atom. The lowest BCUT2D eigenvalue weighted by molar-refractivity contribution is 0.677. The summed E-state index contributed by atoms with van der Waals surface area (Å²) >= 11 is 0. The van der Waals surface area contributed by atoms with E-state index in [4.69, 9.17) is 0 Å². The van der Waals surface area contributed by atoms with E-state index in [1.807, 2.05) is 0 Å². The normalized spacial score (nSPS) is 11.4. The maximum Gasteiger partial charge on any atom is 0.0217 e. The minimum absolute atomic E-state index is 0.928. The molecule has 2 heteroatoms. The molecule has 0 fully saturated rings. The van der Waals surface area contributed by atoms with Crippen LogP contribution in [0.25, 0.3) is 21.5 Å². The highest BCUT2D eigenvalue weighted by atomic mass is 14.9. The first-order chi connectivity index (χ1) is 11.9. The molecule has 0 aliphatic heterocycles. The second kappa shape index (κ2) is 8.27. The molecule has 0 saturated carbocycles. The lowest BCUT2D eigenvalue weighted by atomic mass is 9.91. The standard InChI is InChI=1S/C22H28N2/c1-3-13-23-15-21-17-9-5-7-11-19(17)22(16-24-14-4-2)20-12-8-6-10-18(20)21/h5-12,23-24H,3-4,13-16H2,1-2H3. The van der Waals surface area contributed by atoms with Crippen molar-refractivity contribution in [1.82, 2.24) is 10.6 Å². The largest absolute Gasteiger partial charge is 0.313 e. The van der Waals surface area contributed by atoms with E-state index in [-0.39, 0.29) is 0 Å². The first-order valence-electron chi connectivity index (χ1n) is 9.19. The van der Waals surface area contributed by atoms with Gasteiger partial charge >= 0.3 is 0 Å². The van der Waals surface area contributed by atoms with E-state index < -0.39 is 0 Å². The van der Waals surface area contributed by atoms with Crippen molar-refractivity contribution >= 4 is 21.5 Å². The van der Waals surface area contributed by atoms with Gasteiger partial charge in [0.2, 0.25) is 0 Å². The van der Waals surface area contributed by atoms with E-state index >= 15 is 0 Å². The van der Waals surface area contributed by atoms with Gasteiger partial charge in [-0.2, -0.15) is 0 Å². The van der Waals surface area contributed by atoms with Crippen LogP contribution in [0.2, 0.25) is 0 Å². The van der Waals surface area contributed by atoms with Crippen LogP contribution >= 0.6 is 0 Å². The minimum Gasteiger partial charge on any atom is -0.313 e. The van der Waals surface area contributed by atoms with Gasteiger partial charge in [0.05, 0.1) is 0 Å². The van der Waals surface area contributed by atoms with Crippen molar-refractivity contribution in [2.75, 3.05) is 13.1 Å². The van der Waals surface area contributed by atoms with Crippen LogP contribution in [0, 0.1) is 0 Å². The van der Waals surface area contributed by atoms with Crippen molar-refractivity contribution in [3.05, 3.63) is 59.7 Å². The molecule has 0 spiro atoms. The highest BCUT2D eigenvalue weighted by molar-refractivity contribution is 6.05. The van der Waals surface area contributed by atoms with Gasteiger partial charge in [0, 0.05) is 13.1 Å². The molecule has 0 aliphatic rings. The fraction of sp³-hybridized carbons (Fsp3) is 0.364. The Hall–Kier alpha value is -1.90. The molecule has 0 heterocycles. The highest BCUT2D eigenvalue weighted by Crippen LogP contribution is 2.33. The van der Waals surface area contributed by atoms with Crippen molar-refractivity contribution in [1.29, 1.82) is 0 Å². The molecule has 0 bridgehead atoms. The van der Waals surface area contributed by atoms with Gasteiger partial charge in [0.1, 0.15) is 0 Å². The zero-order chi connectivity index (χ0) is 16.8. The van der Waals surface area contributed by atoms with Gasteiger partial charge in [-0.3, -0.25) is 0 Å². The third-order valence-corrected chi connectivity index (χ3v) is 4.61. The van der Waals surface area contributed by atoms with Crippen molar-refractivity contribution in [2.24, 2.45) is 0 Å². The molecule has 0 unspecified atom stereocenters. The Bertz CT molecular complexity index is 683. The van der Waals surface area contributed by atoms with Crippen molar-refractivity contribution in [3.8, 4) is 0 Å². The van der Waals surface area contributed by atoms with Gasteiger partial charge in [0.25, 0.3) is 0 Å². The summed E-state index contributed by atoms with van der Waals surface area (Å²) in [6.45, 7) is 8.40. The summed E-state index contributed by atoms with van der Waals surface area (Å²) < 4.78 is 0. The zero-order valence-corrected chi connectivity index (χ0v) is 14.9. The first kappa shape index (κ1) is 16.9. The molecule has 24 heavy (non-hydrogen) atoms. The minimum atomic E-state index is 0.928. The fourth-order valence-electron chi connectivity index (χ4n) is 3.47. The van der Waals surface area contributed by atoms with Crippen LogP contribution in [-0.4, -0.2) is 13.1 Å². The number of benzene rings is 3. The Kier molecular flexibility index (Phi) is 5.84. The van der Waals surface area contributed by atoms with Gasteiger partial charge in [-0.15, -0.1) is 0 Å². The molecule has 3 aromatic carbocycles. The average Bonchev–Trinajstić information content (AvgIpc) is 2.63. The van der Waals surface area contributed by atoms with Gasteiger partial charge in [0.15, 0.2) is 0 Å². The summed E-state index contributed by atoms with van der Waals surface area (Å²) in [6.07, 6.45) is 2.32. The van der Waals surface area contributed by atoms with Crippen molar-refractivity contribution in [3.63, 3.8) is 0 Å². The van der Waals surface area contributed by atoms with E-state index in [0.717, 1.165) is 39.0 Å². The lowest BCUT2D eigenvalue weighted by Gasteiger charge is -2.17. The second-order valence-electron chi connectivity index (χ2n) is 6.40. The molecule has 3 aromatic rings. The number of hydrogen-bond donors (Lipinski definition) is 2. The smallest absolute Gasteiger partial charge is 0.0217 e. The second-order valence-corrected chi connectivity index (χ2v) is 6.40. The zero-order valence-electron chi connectivity index (χ0n) is 14.9. The summed E-state index contributed by atoms with van der Waals surface area (Å²) in [4.78, 5) is 0. The lowest BCUT2D eigenvalue weighted by Crippen LogP contribution is -2.16. The van der Waals surface area contributed by atoms with Crippen LogP contribution in [0.3, 0.4) is 0 Å². The van der Waals surface area contributed by atoms with Gasteiger partial charge < -0.3 is 10.6 Å². The predicted octanol–water partition coefficient (Wildman–Crippen LogP) is 4.99. The molecule has 0 aliphatic carbocycles. The topological polar surface area (TPSA) is 24.1 Å². The Balaban J connectivity index is 2.17. The van der Waals surface area contributed by atoms with Crippen LogP contribution in [0.15, 0.2) is 48.5 Å². The molecule has 0 radical (unpaired) electrons. The third-order valence-electron chi connectivity index (χ3n) is 4.61. The Morgan fingerprint density at radius 2 is 0.917 bits per heavy atom. The molecule has 0 atom stereocenters. The molecule has 0 aromatic heterocycles. The maximum atomic E-state index is 3.59. The molecule has 2 nitrogen and oxygen atoms in total. The van der Waals surface area contributed by atoms with E-state index in [1.165, 1.54) is 32.7 Å². The predicted molar refractivity (Wildman–Crippen MR) is 105 cm³/mol. The number of nitrogens with one attached hydrogen (secondary N) is 2. The molecular formula is C22H28N2. The Morgan fingerprint density at radius 3 is 1.21 bits per heavy atom. The van der Waals surface area contributed by atoms with Crippen LogP contribution in [0.4, 0.5) is 0 Å². The Labute approximate surface area is 145 Å². The van der Waals surface area contributed by atoms with Crippen LogP contribution in [0.1, 0.15) is 37.8 Å². The van der Waals surface area contributed by atoms with E-state index in [0.29, 0.717) is 0 Å². The summed E-state index contributed by atoms with van der Waals surface area (Å²) in [5.74, 6) is 0. The van der Waals surface area contributed by atoms with Crippen LogP contribution < -0.4 is 10.6 Å². The molecule has 0 saturated heterocycles. The quantitative estimate of drug-likeness (QED) is 0.451. The van der Waals surface area contributed by atoms with Crippen LogP contribution in [-0.2, 0) is 13.1 Å². The summed E-state index contributed by atoms with van der Waals surface area (Å²) in [5.41, 5.74) is 2.85. The molecular weight excluding hydrogens is 292 g/mol. The maximum absolute atomic E-state index is 3.59. The van der Waals surface area contributed by atoms with Crippen LogP contribution in [0.5, 0.6) is 0 Å². The summed E-state index contributed by atoms with van der Waals surface area (Å²) in [6, 6.07) is 17.7. The molecule has 0 amide bonds. The van der Waals surface area contributed by atoms with Gasteiger partial charge in [-0.25, -0.2) is 0 Å². The van der Waals surface area contributed by atoms with Crippen molar-refractivity contribution < 1.29 is 0 Å². The SMILES string of the molecule is CCCNCc1c2ccccc2c(CNCCC)c2ccccc12. The third kappa shape index (κ3) is 3.45. The highest BCUT2D eigenvalue weighted by Gasteiger charge is 2.12. The number of fused-ring (bicyclic) bond motifs is 2. The first-order valence-corrected chi connectivity index (χ1v) is 9.19. The number of hydrogen-bond acceptors (Lipinski definition) is 2. The molecule has 2 N–H and O–H groups in total. The molecule has 126 valence electrons. The van der Waals surface area contributed by atoms with E-state index in [2.05, 4.69) is 73.0 Å². The summed E-state index contributed by atoms with van der Waals surface area (Å²) in [7, 11) is 0. The van der Waals surface area contributed by atoms with E-state index in [1.54, 1.807) is 0 Å². The fourth-order valence-corrected chi connectivity index (χ4v) is 3.47. The number of rotatable bonds is 8.